The number of piperazine rings is 1. The molecule has 0 unspecified atom stereocenters. The molecule has 102 valence electrons. The lowest BCUT2D eigenvalue weighted by atomic mass is 9.97. The van der Waals surface area contributed by atoms with E-state index in [4.69, 9.17) is 0 Å². The molecule has 2 rings (SSSR count). The van der Waals surface area contributed by atoms with E-state index in [-0.39, 0.29) is 6.03 Å². The zero-order valence-electron chi connectivity index (χ0n) is 11.5. The van der Waals surface area contributed by atoms with Crippen molar-refractivity contribution < 1.29 is 4.79 Å². The topological polar surface area (TPSA) is 35.6 Å². The number of rotatable bonds is 3. The molecule has 1 N–H and O–H groups in total. The number of allylic oxidation sites excluding steroid dienone is 1. The van der Waals surface area contributed by atoms with Crippen LogP contribution in [0.1, 0.15) is 32.1 Å². The molecule has 0 atom stereocenters. The predicted octanol–water partition coefficient (Wildman–Crippen LogP) is 1.83. The molecular weight excluding hydrogens is 226 g/mol. The summed E-state index contributed by atoms with van der Waals surface area (Å²) >= 11 is 0. The van der Waals surface area contributed by atoms with Gasteiger partial charge in [0, 0.05) is 32.7 Å². The van der Waals surface area contributed by atoms with Gasteiger partial charge in [-0.15, -0.1) is 0 Å². The van der Waals surface area contributed by atoms with Crippen LogP contribution in [0.4, 0.5) is 4.79 Å². The summed E-state index contributed by atoms with van der Waals surface area (Å²) in [5.74, 6) is 0. The Morgan fingerprint density at radius 3 is 2.72 bits per heavy atom. The van der Waals surface area contributed by atoms with Gasteiger partial charge < -0.3 is 15.1 Å². The SMILES string of the molecule is CN1CCN(C(=O)NCCC2=CCCCC2)CC1. The summed E-state index contributed by atoms with van der Waals surface area (Å²) in [6, 6.07) is 0.111. The van der Waals surface area contributed by atoms with Crippen LogP contribution in [0.3, 0.4) is 0 Å². The van der Waals surface area contributed by atoms with Crippen LogP contribution in [0.5, 0.6) is 0 Å². The van der Waals surface area contributed by atoms with E-state index in [1.807, 2.05) is 4.90 Å². The zero-order valence-corrected chi connectivity index (χ0v) is 11.5. The summed E-state index contributed by atoms with van der Waals surface area (Å²) < 4.78 is 0. The van der Waals surface area contributed by atoms with Gasteiger partial charge in [0.05, 0.1) is 0 Å². The average Bonchev–Trinajstić information content (AvgIpc) is 2.40. The summed E-state index contributed by atoms with van der Waals surface area (Å²) in [7, 11) is 2.10. The van der Waals surface area contributed by atoms with Crippen LogP contribution in [-0.4, -0.2) is 55.6 Å². The van der Waals surface area contributed by atoms with Gasteiger partial charge in [-0.2, -0.15) is 0 Å². The average molecular weight is 251 g/mol. The number of likely N-dealkylation sites (N-methyl/N-ethyl adjacent to an activating group) is 1. The number of amides is 2. The molecule has 1 aliphatic heterocycles. The summed E-state index contributed by atoms with van der Waals surface area (Å²) in [6.45, 7) is 4.46. The van der Waals surface area contributed by atoms with Crippen molar-refractivity contribution in [3.8, 4) is 0 Å². The van der Waals surface area contributed by atoms with E-state index in [0.29, 0.717) is 0 Å². The monoisotopic (exact) mass is 251 g/mol. The molecule has 1 saturated heterocycles. The third-order valence-corrected chi connectivity index (χ3v) is 3.90. The van der Waals surface area contributed by atoms with E-state index in [2.05, 4.69) is 23.3 Å². The Hall–Kier alpha value is -1.03. The molecule has 0 saturated carbocycles. The van der Waals surface area contributed by atoms with E-state index in [1.165, 1.54) is 31.3 Å². The number of carbonyl (C=O) groups excluding carboxylic acids is 1. The summed E-state index contributed by atoms with van der Waals surface area (Å²) in [4.78, 5) is 16.1. The molecule has 1 fully saturated rings. The first-order valence-corrected chi connectivity index (χ1v) is 7.15. The highest BCUT2D eigenvalue weighted by Gasteiger charge is 2.18. The quantitative estimate of drug-likeness (QED) is 0.777. The van der Waals surface area contributed by atoms with Crippen molar-refractivity contribution >= 4 is 6.03 Å². The Labute approximate surface area is 110 Å². The van der Waals surface area contributed by atoms with E-state index in [0.717, 1.165) is 39.1 Å². The minimum Gasteiger partial charge on any atom is -0.338 e. The molecule has 0 aromatic heterocycles. The number of nitrogens with zero attached hydrogens (tertiary/aromatic N) is 2. The van der Waals surface area contributed by atoms with E-state index >= 15 is 0 Å². The molecule has 2 amide bonds. The maximum atomic E-state index is 11.9. The van der Waals surface area contributed by atoms with Crippen molar-refractivity contribution in [2.75, 3.05) is 39.8 Å². The Kier molecular flexibility index (Phi) is 5.05. The molecular formula is C14H25N3O. The number of hydrogen-bond donors (Lipinski definition) is 1. The van der Waals surface area contributed by atoms with Gasteiger partial charge in [0.25, 0.3) is 0 Å². The van der Waals surface area contributed by atoms with Gasteiger partial charge in [-0.3, -0.25) is 0 Å². The van der Waals surface area contributed by atoms with Crippen molar-refractivity contribution in [1.82, 2.24) is 15.1 Å². The standard InChI is InChI=1S/C14H25N3O/c1-16-9-11-17(12-10-16)14(18)15-8-7-13-5-3-2-4-6-13/h5H,2-4,6-12H2,1H3,(H,15,18). The van der Waals surface area contributed by atoms with Crippen LogP contribution in [0.2, 0.25) is 0 Å². The molecule has 0 spiro atoms. The first-order valence-electron chi connectivity index (χ1n) is 7.15. The van der Waals surface area contributed by atoms with Crippen LogP contribution in [-0.2, 0) is 0 Å². The third-order valence-electron chi connectivity index (χ3n) is 3.90. The van der Waals surface area contributed by atoms with E-state index in [1.54, 1.807) is 0 Å². The lowest BCUT2D eigenvalue weighted by Crippen LogP contribution is -2.50. The van der Waals surface area contributed by atoms with Crippen molar-refractivity contribution in [2.24, 2.45) is 0 Å². The molecule has 1 aliphatic carbocycles. The van der Waals surface area contributed by atoms with E-state index in [9.17, 15) is 4.79 Å². The molecule has 0 bridgehead atoms. The van der Waals surface area contributed by atoms with Gasteiger partial charge in [0.2, 0.25) is 0 Å². The molecule has 0 radical (unpaired) electrons. The highest BCUT2D eigenvalue weighted by molar-refractivity contribution is 5.74. The van der Waals surface area contributed by atoms with Crippen LogP contribution in [0.15, 0.2) is 11.6 Å². The number of urea groups is 1. The lowest BCUT2D eigenvalue weighted by molar-refractivity contribution is 0.154. The molecule has 1 heterocycles. The van der Waals surface area contributed by atoms with Crippen molar-refractivity contribution in [3.63, 3.8) is 0 Å². The predicted molar refractivity (Wildman–Crippen MR) is 73.6 cm³/mol. The van der Waals surface area contributed by atoms with Gasteiger partial charge in [-0.1, -0.05) is 11.6 Å². The van der Waals surface area contributed by atoms with Crippen molar-refractivity contribution in [2.45, 2.75) is 32.1 Å². The Balaban J connectivity index is 1.64. The fraction of sp³-hybridized carbons (Fsp3) is 0.786. The molecule has 0 aromatic rings. The molecule has 2 aliphatic rings. The normalized spacial score (nSPS) is 21.6. The highest BCUT2D eigenvalue weighted by atomic mass is 16.2. The maximum absolute atomic E-state index is 11.9. The minimum absolute atomic E-state index is 0.111. The minimum atomic E-state index is 0.111. The number of hydrogen-bond acceptors (Lipinski definition) is 2. The van der Waals surface area contributed by atoms with Gasteiger partial charge in [0.1, 0.15) is 0 Å². The third kappa shape index (κ3) is 4.02. The highest BCUT2D eigenvalue weighted by Crippen LogP contribution is 2.19. The van der Waals surface area contributed by atoms with Gasteiger partial charge in [0.15, 0.2) is 0 Å². The Morgan fingerprint density at radius 1 is 1.28 bits per heavy atom. The van der Waals surface area contributed by atoms with Gasteiger partial charge in [-0.25, -0.2) is 4.79 Å². The van der Waals surface area contributed by atoms with Crippen molar-refractivity contribution in [1.29, 1.82) is 0 Å². The van der Waals surface area contributed by atoms with Gasteiger partial charge in [-0.05, 0) is 39.2 Å². The molecule has 4 nitrogen and oxygen atoms in total. The summed E-state index contributed by atoms with van der Waals surface area (Å²) in [5, 5.41) is 3.04. The number of nitrogens with one attached hydrogen (secondary N) is 1. The van der Waals surface area contributed by atoms with Crippen molar-refractivity contribution in [3.05, 3.63) is 11.6 Å². The van der Waals surface area contributed by atoms with Gasteiger partial charge >= 0.3 is 6.03 Å². The maximum Gasteiger partial charge on any atom is 0.317 e. The summed E-state index contributed by atoms with van der Waals surface area (Å²) in [5.41, 5.74) is 1.53. The second-order valence-corrected chi connectivity index (χ2v) is 5.38. The first kappa shape index (κ1) is 13.4. The summed E-state index contributed by atoms with van der Waals surface area (Å²) in [6.07, 6.45) is 8.48. The second-order valence-electron chi connectivity index (χ2n) is 5.38. The number of carbonyl (C=O) groups is 1. The largest absolute Gasteiger partial charge is 0.338 e. The van der Waals surface area contributed by atoms with Crippen LogP contribution < -0.4 is 5.32 Å². The zero-order chi connectivity index (χ0) is 12.8. The second kappa shape index (κ2) is 6.78. The van der Waals surface area contributed by atoms with Crippen LogP contribution in [0, 0.1) is 0 Å². The first-order chi connectivity index (χ1) is 8.75. The fourth-order valence-electron chi connectivity index (χ4n) is 2.58. The van der Waals surface area contributed by atoms with Crippen LogP contribution >= 0.6 is 0 Å². The van der Waals surface area contributed by atoms with Crippen LogP contribution in [0.25, 0.3) is 0 Å². The van der Waals surface area contributed by atoms with E-state index < -0.39 is 0 Å². The molecule has 18 heavy (non-hydrogen) atoms. The Morgan fingerprint density at radius 2 is 2.06 bits per heavy atom. The smallest absolute Gasteiger partial charge is 0.317 e. The molecule has 4 heteroatoms. The fourth-order valence-corrected chi connectivity index (χ4v) is 2.58. The molecule has 0 aromatic carbocycles. The lowest BCUT2D eigenvalue weighted by Gasteiger charge is -2.32. The Bertz CT molecular complexity index is 306.